The number of carbonyl (C=O) groups is 1. The summed E-state index contributed by atoms with van der Waals surface area (Å²) < 4.78 is 72.6. The van der Waals surface area contributed by atoms with E-state index in [1.807, 2.05) is 0 Å². The molecule has 0 spiro atoms. The summed E-state index contributed by atoms with van der Waals surface area (Å²) in [7, 11) is 0. The molecule has 0 N–H and O–H groups in total. The number of hydrogen-bond acceptors (Lipinski definition) is 5. The summed E-state index contributed by atoms with van der Waals surface area (Å²) in [6, 6.07) is 0. The van der Waals surface area contributed by atoms with Gasteiger partial charge in [-0.3, -0.25) is 0 Å². The van der Waals surface area contributed by atoms with E-state index in [0.717, 1.165) is 0 Å². The average Bonchev–Trinajstić information content (AvgIpc) is 2.89. The van der Waals surface area contributed by atoms with Gasteiger partial charge in [0.25, 0.3) is 5.92 Å². The fourth-order valence-corrected chi connectivity index (χ4v) is 2.29. The van der Waals surface area contributed by atoms with E-state index in [4.69, 9.17) is 9.26 Å². The number of aromatic nitrogens is 2. The first kappa shape index (κ1) is 24.0. The summed E-state index contributed by atoms with van der Waals surface area (Å²) >= 11 is 0. The van der Waals surface area contributed by atoms with Crippen molar-refractivity contribution in [3.63, 3.8) is 0 Å². The maximum absolute atomic E-state index is 13.2. The molecule has 1 aromatic rings. The third-order valence-electron chi connectivity index (χ3n) is 3.46. The van der Waals surface area contributed by atoms with Crippen molar-refractivity contribution < 1.29 is 36.0 Å². The van der Waals surface area contributed by atoms with E-state index >= 15 is 0 Å². The maximum Gasteiger partial charge on any atom is 0.394 e. The van der Waals surface area contributed by atoms with Gasteiger partial charge in [0, 0.05) is 18.4 Å². The van der Waals surface area contributed by atoms with Crippen LogP contribution in [-0.2, 0) is 22.4 Å². The van der Waals surface area contributed by atoms with Crippen molar-refractivity contribution in [2.45, 2.75) is 83.4 Å². The molecule has 0 atom stereocenters. The van der Waals surface area contributed by atoms with E-state index in [2.05, 4.69) is 16.7 Å². The monoisotopic (exact) mass is 412 g/mol. The quantitative estimate of drug-likeness (QED) is 0.229. The molecule has 10 heteroatoms. The van der Waals surface area contributed by atoms with Gasteiger partial charge in [0.2, 0.25) is 5.89 Å². The van der Waals surface area contributed by atoms with Crippen LogP contribution >= 0.6 is 0 Å². The molecule has 1 heterocycles. The van der Waals surface area contributed by atoms with Gasteiger partial charge in [-0.2, -0.15) is 18.2 Å². The van der Waals surface area contributed by atoms with Crippen LogP contribution in [0.2, 0.25) is 0 Å². The Balaban J connectivity index is 2.34. The van der Waals surface area contributed by atoms with Crippen LogP contribution in [0.25, 0.3) is 0 Å². The van der Waals surface area contributed by atoms with Crippen LogP contribution in [-0.4, -0.2) is 33.8 Å². The second-order valence-corrected chi connectivity index (χ2v) is 7.60. The van der Waals surface area contributed by atoms with Gasteiger partial charge in [-0.25, -0.2) is 13.6 Å². The van der Waals surface area contributed by atoms with Gasteiger partial charge >= 0.3 is 12.1 Å². The number of nitrogens with zero attached hydrogens (tertiary/aromatic N) is 2. The molecule has 0 amide bonds. The first-order valence-corrected chi connectivity index (χ1v) is 8.84. The molecule has 0 aliphatic carbocycles. The molecule has 1 rings (SSSR count). The van der Waals surface area contributed by atoms with Crippen LogP contribution in [0.1, 0.15) is 64.6 Å². The molecule has 28 heavy (non-hydrogen) atoms. The maximum atomic E-state index is 13.2. The van der Waals surface area contributed by atoms with Crippen molar-refractivity contribution in [1.82, 2.24) is 10.1 Å². The number of alkyl halides is 5. The number of unbranched alkanes of at least 4 members (excludes halogenated alkanes) is 2. The smallest absolute Gasteiger partial charge is 0.394 e. The topological polar surface area (TPSA) is 65.2 Å². The van der Waals surface area contributed by atoms with Crippen molar-refractivity contribution in [3.05, 3.63) is 23.9 Å². The average molecular weight is 412 g/mol. The Labute approximate surface area is 160 Å². The first-order chi connectivity index (χ1) is 12.7. The van der Waals surface area contributed by atoms with E-state index in [9.17, 15) is 26.7 Å². The van der Waals surface area contributed by atoms with E-state index in [-0.39, 0.29) is 24.3 Å². The molecule has 160 valence electrons. The Morgan fingerprint density at radius 2 is 1.75 bits per heavy atom. The molecule has 0 bridgehead atoms. The Hall–Kier alpha value is -2.00. The van der Waals surface area contributed by atoms with Gasteiger partial charge in [0.15, 0.2) is 5.82 Å². The Morgan fingerprint density at radius 3 is 2.32 bits per heavy atom. The molecule has 0 fully saturated rings. The Bertz CT molecular complexity index is 663. The molecule has 5 nitrogen and oxygen atoms in total. The van der Waals surface area contributed by atoms with E-state index < -0.39 is 36.5 Å². The Kier molecular flexibility index (Phi) is 8.13. The fourth-order valence-electron chi connectivity index (χ4n) is 2.29. The zero-order valence-electron chi connectivity index (χ0n) is 16.2. The predicted molar refractivity (Wildman–Crippen MR) is 90.8 cm³/mol. The molecule has 0 unspecified atom stereocenters. The summed E-state index contributed by atoms with van der Waals surface area (Å²) in [5.74, 6) is -3.83. The van der Waals surface area contributed by atoms with Crippen LogP contribution in [0, 0.1) is 0 Å². The fraction of sp³-hybridized carbons (Fsp3) is 0.722. The minimum absolute atomic E-state index is 0.0194. The summed E-state index contributed by atoms with van der Waals surface area (Å²) in [4.78, 5) is 15.9. The third-order valence-corrected chi connectivity index (χ3v) is 3.46. The number of carbonyl (C=O) groups excluding carboxylic acids is 1. The molecule has 0 saturated carbocycles. The van der Waals surface area contributed by atoms with E-state index in [0.29, 0.717) is 25.1 Å². The molecule has 0 aliphatic heterocycles. The zero-order valence-corrected chi connectivity index (χ0v) is 16.2. The Morgan fingerprint density at radius 1 is 1.11 bits per heavy atom. The number of halogens is 5. The summed E-state index contributed by atoms with van der Waals surface area (Å²) in [6.07, 6.45) is -6.76. The lowest BCUT2D eigenvalue weighted by molar-refractivity contribution is -0.189. The van der Waals surface area contributed by atoms with Crippen LogP contribution in [0.3, 0.4) is 0 Å². The minimum atomic E-state index is -4.88. The van der Waals surface area contributed by atoms with Crippen LogP contribution in [0.5, 0.6) is 0 Å². The highest BCUT2D eigenvalue weighted by molar-refractivity contribution is 5.88. The predicted octanol–water partition coefficient (Wildman–Crippen LogP) is 5.20. The summed E-state index contributed by atoms with van der Waals surface area (Å²) in [5.41, 5.74) is -0.506. The first-order valence-electron chi connectivity index (χ1n) is 8.84. The number of ether oxygens (including phenoxy) is 1. The lowest BCUT2D eigenvalue weighted by Gasteiger charge is -2.19. The lowest BCUT2D eigenvalue weighted by atomic mass is 10.1. The van der Waals surface area contributed by atoms with Gasteiger partial charge in [-0.05, 0) is 33.6 Å². The van der Waals surface area contributed by atoms with Gasteiger partial charge < -0.3 is 9.26 Å². The molecular weight excluding hydrogens is 387 g/mol. The van der Waals surface area contributed by atoms with Gasteiger partial charge in [-0.1, -0.05) is 18.2 Å². The highest BCUT2D eigenvalue weighted by Crippen LogP contribution is 2.35. The van der Waals surface area contributed by atoms with Crippen LogP contribution in [0.4, 0.5) is 22.0 Å². The second-order valence-electron chi connectivity index (χ2n) is 7.60. The SMILES string of the molecule is C=C(Cc1nc(CCCCCC(F)(F)CC(F)(F)F)no1)C(=O)OC(C)(C)C. The lowest BCUT2D eigenvalue weighted by Crippen LogP contribution is -2.25. The highest BCUT2D eigenvalue weighted by atomic mass is 19.4. The molecule has 0 radical (unpaired) electrons. The van der Waals surface area contributed by atoms with Gasteiger partial charge in [0.05, 0.1) is 6.42 Å². The van der Waals surface area contributed by atoms with Crippen molar-refractivity contribution >= 4 is 5.97 Å². The van der Waals surface area contributed by atoms with Crippen LogP contribution < -0.4 is 0 Å². The largest absolute Gasteiger partial charge is 0.457 e. The van der Waals surface area contributed by atoms with Crippen molar-refractivity contribution in [2.24, 2.45) is 0 Å². The van der Waals surface area contributed by atoms with Crippen molar-refractivity contribution in [2.75, 3.05) is 0 Å². The second kappa shape index (κ2) is 9.47. The number of esters is 1. The van der Waals surface area contributed by atoms with Crippen molar-refractivity contribution in [1.29, 1.82) is 0 Å². The number of aryl methyl sites for hydroxylation is 1. The normalized spacial score (nSPS) is 12.9. The standard InChI is InChI=1S/C18H25F5N2O3/c1-12(15(26)27-16(2,3)4)10-14-24-13(25-28-14)8-6-5-7-9-17(19,20)11-18(21,22)23/h1,5-11H2,2-4H3. The third kappa shape index (κ3) is 10.4. The summed E-state index contributed by atoms with van der Waals surface area (Å²) in [5, 5.41) is 3.72. The number of rotatable bonds is 10. The van der Waals surface area contributed by atoms with Crippen molar-refractivity contribution in [3.8, 4) is 0 Å². The molecule has 1 aromatic heterocycles. The van der Waals surface area contributed by atoms with Crippen LogP contribution in [0.15, 0.2) is 16.7 Å². The zero-order chi connectivity index (χ0) is 21.6. The number of hydrogen-bond donors (Lipinski definition) is 0. The van der Waals surface area contributed by atoms with Gasteiger partial charge in [0.1, 0.15) is 12.0 Å². The molecule has 0 aliphatic rings. The molecule has 0 aromatic carbocycles. The molecular formula is C18H25F5N2O3. The molecule has 0 saturated heterocycles. The van der Waals surface area contributed by atoms with Gasteiger partial charge in [-0.15, -0.1) is 0 Å². The summed E-state index contributed by atoms with van der Waals surface area (Å²) in [6.45, 7) is 8.80. The minimum Gasteiger partial charge on any atom is -0.457 e. The highest BCUT2D eigenvalue weighted by Gasteiger charge is 2.42. The van der Waals surface area contributed by atoms with E-state index in [1.165, 1.54) is 0 Å². The van der Waals surface area contributed by atoms with E-state index in [1.54, 1.807) is 20.8 Å².